The summed E-state index contributed by atoms with van der Waals surface area (Å²) in [6, 6.07) is 10.1. The molecule has 0 aliphatic carbocycles. The van der Waals surface area contributed by atoms with Gasteiger partial charge in [-0.3, -0.25) is 0 Å². The van der Waals surface area contributed by atoms with Gasteiger partial charge in [0.25, 0.3) is 0 Å². The first-order valence-electron chi connectivity index (χ1n) is 4.77. The Morgan fingerprint density at radius 1 is 1.31 bits per heavy atom. The third kappa shape index (κ3) is 2.07. The molecule has 1 aromatic carbocycles. The van der Waals surface area contributed by atoms with Crippen LogP contribution in [-0.2, 0) is 6.42 Å². The second-order valence-corrected chi connectivity index (χ2v) is 3.56. The van der Waals surface area contributed by atoms with Crippen LogP contribution in [0, 0.1) is 0 Å². The number of hydrogen-bond donors (Lipinski definition) is 1. The number of rotatable bonds is 2. The van der Waals surface area contributed by atoms with E-state index in [0.717, 1.165) is 13.0 Å². The van der Waals surface area contributed by atoms with Crippen LogP contribution >= 0.6 is 0 Å². The lowest BCUT2D eigenvalue weighted by atomic mass is 10.0. The van der Waals surface area contributed by atoms with E-state index < -0.39 is 6.17 Å². The maximum absolute atomic E-state index is 13.2. The molecular formula is C11H14FN. The third-order valence-electron chi connectivity index (χ3n) is 2.56. The van der Waals surface area contributed by atoms with E-state index in [4.69, 9.17) is 0 Å². The summed E-state index contributed by atoms with van der Waals surface area (Å²) in [5.41, 5.74) is 1.21. The Bertz CT molecular complexity index is 260. The van der Waals surface area contributed by atoms with E-state index >= 15 is 0 Å². The van der Waals surface area contributed by atoms with Gasteiger partial charge in [0.15, 0.2) is 0 Å². The number of hydrogen-bond acceptors (Lipinski definition) is 1. The summed E-state index contributed by atoms with van der Waals surface area (Å²) in [4.78, 5) is 0. The van der Waals surface area contributed by atoms with Crippen LogP contribution in [0.4, 0.5) is 4.39 Å². The summed E-state index contributed by atoms with van der Waals surface area (Å²) < 4.78 is 13.2. The van der Waals surface area contributed by atoms with Crippen molar-refractivity contribution in [3.05, 3.63) is 35.9 Å². The zero-order chi connectivity index (χ0) is 9.10. The summed E-state index contributed by atoms with van der Waals surface area (Å²) in [6.07, 6.45) is 0.805. The summed E-state index contributed by atoms with van der Waals surface area (Å²) in [6.45, 7) is 0.818. The number of halogens is 1. The SMILES string of the molecule is FC1CCN[C@H]1Cc1ccccc1. The maximum atomic E-state index is 13.2. The van der Waals surface area contributed by atoms with Crippen molar-refractivity contribution in [2.24, 2.45) is 0 Å². The van der Waals surface area contributed by atoms with Crippen molar-refractivity contribution in [1.29, 1.82) is 0 Å². The molecule has 0 aromatic heterocycles. The fourth-order valence-electron chi connectivity index (χ4n) is 1.80. The van der Waals surface area contributed by atoms with E-state index in [0.29, 0.717) is 6.42 Å². The Hall–Kier alpha value is -0.890. The molecule has 1 unspecified atom stereocenters. The van der Waals surface area contributed by atoms with Crippen LogP contribution < -0.4 is 5.32 Å². The van der Waals surface area contributed by atoms with E-state index in [-0.39, 0.29) is 6.04 Å². The Morgan fingerprint density at radius 2 is 2.08 bits per heavy atom. The quantitative estimate of drug-likeness (QED) is 0.731. The van der Waals surface area contributed by atoms with Gasteiger partial charge in [-0.1, -0.05) is 30.3 Å². The molecule has 0 amide bonds. The molecule has 2 atom stereocenters. The fourth-order valence-corrected chi connectivity index (χ4v) is 1.80. The van der Waals surface area contributed by atoms with Crippen LogP contribution in [0.25, 0.3) is 0 Å². The van der Waals surface area contributed by atoms with E-state index in [1.165, 1.54) is 5.56 Å². The Kier molecular flexibility index (Phi) is 2.60. The fraction of sp³-hybridized carbons (Fsp3) is 0.455. The minimum Gasteiger partial charge on any atom is -0.311 e. The Balaban J connectivity index is 1.98. The molecule has 0 bridgehead atoms. The van der Waals surface area contributed by atoms with E-state index in [9.17, 15) is 4.39 Å². The van der Waals surface area contributed by atoms with Crippen LogP contribution in [-0.4, -0.2) is 18.8 Å². The topological polar surface area (TPSA) is 12.0 Å². The Labute approximate surface area is 78.0 Å². The summed E-state index contributed by atoms with van der Waals surface area (Å²) in [5.74, 6) is 0. The van der Waals surface area contributed by atoms with E-state index in [1.807, 2.05) is 30.3 Å². The first-order chi connectivity index (χ1) is 6.36. The normalized spacial score (nSPS) is 27.8. The van der Waals surface area contributed by atoms with Gasteiger partial charge in [-0.25, -0.2) is 4.39 Å². The van der Waals surface area contributed by atoms with Crippen molar-refractivity contribution in [2.75, 3.05) is 6.54 Å². The monoisotopic (exact) mass is 179 g/mol. The lowest BCUT2D eigenvalue weighted by Crippen LogP contribution is -2.30. The average molecular weight is 179 g/mol. The van der Waals surface area contributed by atoms with Gasteiger partial charge in [0.1, 0.15) is 6.17 Å². The van der Waals surface area contributed by atoms with Crippen LogP contribution in [0.5, 0.6) is 0 Å². The van der Waals surface area contributed by atoms with Gasteiger partial charge in [-0.2, -0.15) is 0 Å². The lowest BCUT2D eigenvalue weighted by molar-refractivity contribution is 0.299. The molecule has 1 aliphatic heterocycles. The van der Waals surface area contributed by atoms with Crippen molar-refractivity contribution in [3.8, 4) is 0 Å². The molecule has 1 N–H and O–H groups in total. The lowest BCUT2D eigenvalue weighted by Gasteiger charge is -2.12. The first-order valence-corrected chi connectivity index (χ1v) is 4.77. The second kappa shape index (κ2) is 3.88. The first kappa shape index (κ1) is 8.70. The second-order valence-electron chi connectivity index (χ2n) is 3.56. The molecule has 1 fully saturated rings. The summed E-state index contributed by atoms with van der Waals surface area (Å²) in [7, 11) is 0. The van der Waals surface area contributed by atoms with Crippen LogP contribution in [0.2, 0.25) is 0 Å². The van der Waals surface area contributed by atoms with Crippen molar-refractivity contribution in [2.45, 2.75) is 25.1 Å². The number of nitrogens with one attached hydrogen (secondary N) is 1. The Morgan fingerprint density at radius 3 is 2.69 bits per heavy atom. The van der Waals surface area contributed by atoms with Gasteiger partial charge < -0.3 is 5.32 Å². The summed E-state index contributed by atoms with van der Waals surface area (Å²) in [5, 5.41) is 3.18. The van der Waals surface area contributed by atoms with Crippen molar-refractivity contribution in [1.82, 2.24) is 5.32 Å². The highest BCUT2D eigenvalue weighted by atomic mass is 19.1. The molecule has 1 saturated heterocycles. The van der Waals surface area contributed by atoms with Crippen LogP contribution in [0.3, 0.4) is 0 Å². The molecule has 1 nitrogen and oxygen atoms in total. The molecule has 1 aromatic rings. The van der Waals surface area contributed by atoms with E-state index in [2.05, 4.69) is 5.32 Å². The molecule has 13 heavy (non-hydrogen) atoms. The molecule has 2 rings (SSSR count). The molecule has 0 spiro atoms. The van der Waals surface area contributed by atoms with Gasteiger partial charge in [0.2, 0.25) is 0 Å². The molecule has 0 saturated carbocycles. The molecule has 2 heteroatoms. The van der Waals surface area contributed by atoms with Gasteiger partial charge in [-0.05, 0) is 24.9 Å². The minimum absolute atomic E-state index is 0.0300. The molecular weight excluding hydrogens is 165 g/mol. The highest BCUT2D eigenvalue weighted by Crippen LogP contribution is 2.15. The van der Waals surface area contributed by atoms with E-state index in [1.54, 1.807) is 0 Å². The highest BCUT2D eigenvalue weighted by molar-refractivity contribution is 5.16. The van der Waals surface area contributed by atoms with Crippen molar-refractivity contribution >= 4 is 0 Å². The highest BCUT2D eigenvalue weighted by Gasteiger charge is 2.25. The largest absolute Gasteiger partial charge is 0.311 e. The smallest absolute Gasteiger partial charge is 0.117 e. The minimum atomic E-state index is -0.666. The van der Waals surface area contributed by atoms with Gasteiger partial charge in [-0.15, -0.1) is 0 Å². The molecule has 1 aliphatic rings. The standard InChI is InChI=1S/C11H14FN/c12-10-6-7-13-11(10)8-9-4-2-1-3-5-9/h1-5,10-11,13H,6-8H2/t10?,11-/m0/s1. The molecule has 70 valence electrons. The van der Waals surface area contributed by atoms with Crippen LogP contribution in [0.1, 0.15) is 12.0 Å². The zero-order valence-electron chi connectivity index (χ0n) is 7.54. The predicted octanol–water partition coefficient (Wildman–Crippen LogP) is 1.93. The average Bonchev–Trinajstić information content (AvgIpc) is 2.54. The van der Waals surface area contributed by atoms with Crippen molar-refractivity contribution in [3.63, 3.8) is 0 Å². The number of alkyl halides is 1. The van der Waals surface area contributed by atoms with Gasteiger partial charge in [0, 0.05) is 6.04 Å². The molecule has 1 heterocycles. The third-order valence-corrected chi connectivity index (χ3v) is 2.56. The summed E-state index contributed by atoms with van der Waals surface area (Å²) >= 11 is 0. The number of benzene rings is 1. The molecule has 0 radical (unpaired) electrons. The van der Waals surface area contributed by atoms with Crippen LogP contribution in [0.15, 0.2) is 30.3 Å². The van der Waals surface area contributed by atoms with Gasteiger partial charge >= 0.3 is 0 Å². The van der Waals surface area contributed by atoms with Gasteiger partial charge in [0.05, 0.1) is 0 Å². The zero-order valence-corrected chi connectivity index (χ0v) is 7.54. The predicted molar refractivity (Wildman–Crippen MR) is 51.4 cm³/mol. The van der Waals surface area contributed by atoms with Crippen molar-refractivity contribution < 1.29 is 4.39 Å². The maximum Gasteiger partial charge on any atom is 0.117 e.